The molecule has 1 heterocycles. The van der Waals surface area contributed by atoms with E-state index in [-0.39, 0.29) is 0 Å². The monoisotopic (exact) mass is 109 g/mol. The summed E-state index contributed by atoms with van der Waals surface area (Å²) in [5.74, 6) is 1.91. The Bertz CT molecular complexity index is 70.4. The zero-order valence-electron chi connectivity index (χ0n) is 5.01. The zero-order chi connectivity index (χ0) is 5.40. The van der Waals surface area contributed by atoms with E-state index in [0.717, 1.165) is 24.9 Å². The molecule has 0 amide bonds. The van der Waals surface area contributed by atoms with Gasteiger partial charge in [0.25, 0.3) is 0 Å². The van der Waals surface area contributed by atoms with Crippen LogP contribution >= 0.6 is 0 Å². The highest BCUT2D eigenvalue weighted by Crippen LogP contribution is 2.33. The molecule has 1 aliphatic heterocycles. The third-order valence-corrected chi connectivity index (χ3v) is 2.33. The normalized spacial score (nSPS) is 45.0. The summed E-state index contributed by atoms with van der Waals surface area (Å²) in [6.07, 6.45) is 5.10. The molecule has 0 spiro atoms. The molecule has 2 atom stereocenters. The Hall–Kier alpha value is -0.0400. The van der Waals surface area contributed by atoms with Crippen molar-refractivity contribution in [1.29, 1.82) is 0 Å². The Labute approximate surface area is 50.5 Å². The van der Waals surface area contributed by atoms with Crippen LogP contribution in [0.5, 0.6) is 0 Å². The smallest absolute Gasteiger partial charge is 0.0165 e. The number of hydrogen-bond donors (Lipinski definition) is 0. The average Bonchev–Trinajstić information content (AvgIpc) is 2.15. The van der Waals surface area contributed by atoms with Crippen LogP contribution in [0, 0.1) is 18.3 Å². The molecule has 1 saturated heterocycles. The van der Waals surface area contributed by atoms with Crippen molar-refractivity contribution in [2.75, 3.05) is 13.1 Å². The molecule has 0 aromatic heterocycles. The fourth-order valence-corrected chi connectivity index (χ4v) is 1.76. The van der Waals surface area contributed by atoms with Crippen molar-refractivity contribution in [3.8, 4) is 0 Å². The summed E-state index contributed by atoms with van der Waals surface area (Å²) in [6, 6.07) is 0. The molecule has 2 unspecified atom stereocenters. The summed E-state index contributed by atoms with van der Waals surface area (Å²) in [7, 11) is 0. The summed E-state index contributed by atoms with van der Waals surface area (Å²) in [6.45, 7) is 2.31. The van der Waals surface area contributed by atoms with Crippen molar-refractivity contribution in [3.05, 3.63) is 6.42 Å². The molecule has 0 aromatic rings. The van der Waals surface area contributed by atoms with E-state index in [1.54, 1.807) is 0 Å². The minimum absolute atomic E-state index is 0.954. The van der Waals surface area contributed by atoms with Gasteiger partial charge in [0.15, 0.2) is 0 Å². The molecule has 0 aromatic carbocycles. The maximum absolute atomic E-state index is 4.35. The van der Waals surface area contributed by atoms with Gasteiger partial charge >= 0.3 is 0 Å². The van der Waals surface area contributed by atoms with E-state index in [4.69, 9.17) is 0 Å². The molecule has 8 heavy (non-hydrogen) atoms. The van der Waals surface area contributed by atoms with E-state index in [2.05, 4.69) is 11.7 Å². The van der Waals surface area contributed by atoms with Gasteiger partial charge in [-0.15, -0.1) is 0 Å². The second kappa shape index (κ2) is 1.73. The first kappa shape index (κ1) is 4.80. The lowest BCUT2D eigenvalue weighted by Crippen LogP contribution is -2.01. The van der Waals surface area contributed by atoms with Crippen LogP contribution in [-0.2, 0) is 0 Å². The standard InChI is InChI=1S/C7H11N/c1-2-6-4-8-5-7(6)3-1/h1,6-7H,2-5H2. The van der Waals surface area contributed by atoms with Gasteiger partial charge in [0, 0.05) is 13.1 Å². The summed E-state index contributed by atoms with van der Waals surface area (Å²) in [5, 5.41) is 4.35. The van der Waals surface area contributed by atoms with Crippen LogP contribution in [0.1, 0.15) is 12.8 Å². The summed E-state index contributed by atoms with van der Waals surface area (Å²) < 4.78 is 0. The number of nitrogens with zero attached hydrogens (tertiary/aromatic N) is 1. The molecule has 2 radical (unpaired) electrons. The van der Waals surface area contributed by atoms with Crippen LogP contribution < -0.4 is 5.32 Å². The summed E-state index contributed by atoms with van der Waals surface area (Å²) in [4.78, 5) is 0. The Morgan fingerprint density at radius 2 is 1.75 bits per heavy atom. The Kier molecular flexibility index (Phi) is 1.04. The Balaban J connectivity index is 2.04. The van der Waals surface area contributed by atoms with Gasteiger partial charge in [0.05, 0.1) is 0 Å². The minimum Gasteiger partial charge on any atom is -0.241 e. The number of hydrogen-bond acceptors (Lipinski definition) is 0. The highest BCUT2D eigenvalue weighted by Gasteiger charge is 2.31. The topological polar surface area (TPSA) is 14.1 Å². The SMILES string of the molecule is [CH]1CC2C[N]CC2C1. The first-order chi connectivity index (χ1) is 3.97. The summed E-state index contributed by atoms with van der Waals surface area (Å²) in [5.41, 5.74) is 0. The largest absolute Gasteiger partial charge is 0.241 e. The van der Waals surface area contributed by atoms with Gasteiger partial charge in [0.2, 0.25) is 0 Å². The van der Waals surface area contributed by atoms with Gasteiger partial charge in [-0.1, -0.05) is 0 Å². The van der Waals surface area contributed by atoms with E-state index in [0.29, 0.717) is 0 Å². The fourth-order valence-electron chi connectivity index (χ4n) is 1.76. The Morgan fingerprint density at radius 3 is 2.38 bits per heavy atom. The van der Waals surface area contributed by atoms with Crippen LogP contribution in [0.3, 0.4) is 0 Å². The first-order valence-electron chi connectivity index (χ1n) is 3.42. The second-order valence-electron chi connectivity index (χ2n) is 2.87. The fraction of sp³-hybridized carbons (Fsp3) is 0.857. The predicted molar refractivity (Wildman–Crippen MR) is 32.4 cm³/mol. The van der Waals surface area contributed by atoms with Crippen LogP contribution in [0.25, 0.3) is 0 Å². The quantitative estimate of drug-likeness (QED) is 0.437. The third-order valence-electron chi connectivity index (χ3n) is 2.33. The van der Waals surface area contributed by atoms with Crippen molar-refractivity contribution in [1.82, 2.24) is 5.32 Å². The molecule has 1 aliphatic carbocycles. The van der Waals surface area contributed by atoms with E-state index in [9.17, 15) is 0 Å². The van der Waals surface area contributed by atoms with Crippen molar-refractivity contribution < 1.29 is 0 Å². The maximum Gasteiger partial charge on any atom is 0.0165 e. The van der Waals surface area contributed by atoms with Crippen LogP contribution in [0.15, 0.2) is 0 Å². The highest BCUT2D eigenvalue weighted by atomic mass is 14.9. The average molecular weight is 109 g/mol. The zero-order valence-corrected chi connectivity index (χ0v) is 5.01. The maximum atomic E-state index is 4.35. The predicted octanol–water partition coefficient (Wildman–Crippen LogP) is 0.835. The molecule has 44 valence electrons. The third kappa shape index (κ3) is 0.576. The molecular weight excluding hydrogens is 98.1 g/mol. The van der Waals surface area contributed by atoms with Crippen LogP contribution in [0.4, 0.5) is 0 Å². The first-order valence-corrected chi connectivity index (χ1v) is 3.42. The van der Waals surface area contributed by atoms with Gasteiger partial charge in [-0.25, -0.2) is 5.32 Å². The molecule has 1 heteroatoms. The molecule has 0 bridgehead atoms. The van der Waals surface area contributed by atoms with Crippen LogP contribution in [-0.4, -0.2) is 13.1 Å². The van der Waals surface area contributed by atoms with Crippen molar-refractivity contribution >= 4 is 0 Å². The summed E-state index contributed by atoms with van der Waals surface area (Å²) >= 11 is 0. The molecule has 2 aliphatic rings. The Morgan fingerprint density at radius 1 is 1.12 bits per heavy atom. The van der Waals surface area contributed by atoms with E-state index < -0.39 is 0 Å². The molecule has 0 N–H and O–H groups in total. The van der Waals surface area contributed by atoms with Gasteiger partial charge in [-0.2, -0.15) is 0 Å². The molecule has 1 saturated carbocycles. The lowest BCUT2D eigenvalue weighted by atomic mass is 10.0. The minimum atomic E-state index is 0.954. The van der Waals surface area contributed by atoms with Crippen LogP contribution in [0.2, 0.25) is 0 Å². The van der Waals surface area contributed by atoms with Gasteiger partial charge in [-0.05, 0) is 31.1 Å². The molecular formula is C7H11N. The molecule has 2 fully saturated rings. The van der Waals surface area contributed by atoms with Gasteiger partial charge in [0.1, 0.15) is 0 Å². The van der Waals surface area contributed by atoms with Crippen molar-refractivity contribution in [2.24, 2.45) is 11.8 Å². The van der Waals surface area contributed by atoms with Crippen molar-refractivity contribution in [2.45, 2.75) is 12.8 Å². The van der Waals surface area contributed by atoms with Crippen molar-refractivity contribution in [3.63, 3.8) is 0 Å². The highest BCUT2D eigenvalue weighted by molar-refractivity contribution is 4.93. The number of rotatable bonds is 0. The number of fused-ring (bicyclic) bond motifs is 1. The molecule has 1 nitrogen and oxygen atoms in total. The van der Waals surface area contributed by atoms with Gasteiger partial charge < -0.3 is 0 Å². The molecule has 2 rings (SSSR count). The lowest BCUT2D eigenvalue weighted by Gasteiger charge is -2.02. The van der Waals surface area contributed by atoms with E-state index >= 15 is 0 Å². The van der Waals surface area contributed by atoms with E-state index in [1.165, 1.54) is 12.8 Å². The van der Waals surface area contributed by atoms with E-state index in [1.807, 2.05) is 0 Å². The second-order valence-corrected chi connectivity index (χ2v) is 2.87. The van der Waals surface area contributed by atoms with Gasteiger partial charge in [-0.3, -0.25) is 0 Å². The lowest BCUT2D eigenvalue weighted by molar-refractivity contribution is 0.494.